The molecule has 0 N–H and O–H groups in total. The molecule has 6 unspecified atom stereocenters. The summed E-state index contributed by atoms with van der Waals surface area (Å²) in [5, 5.41) is 0. The topological polar surface area (TPSA) is 0 Å². The molecule has 32 heavy (non-hydrogen) atoms. The summed E-state index contributed by atoms with van der Waals surface area (Å²) in [5.41, 5.74) is 0. The second-order valence-electron chi connectivity index (χ2n) is 14.3. The number of rotatable bonds is 4. The van der Waals surface area contributed by atoms with Crippen LogP contribution in [0.2, 0.25) is 0 Å². The first-order chi connectivity index (χ1) is 15.2. The number of hydrogen-bond acceptors (Lipinski definition) is 0. The van der Waals surface area contributed by atoms with Gasteiger partial charge in [-0.1, -0.05) is 55.4 Å². The molecule has 0 heterocycles. The van der Waals surface area contributed by atoms with Crippen LogP contribution in [0.15, 0.2) is 0 Å². The Balaban J connectivity index is 0.000000181. The maximum atomic E-state index is 2.42. The Morgan fingerprint density at radius 2 is 0.562 bits per heavy atom. The predicted octanol–water partition coefficient (Wildman–Crippen LogP) is 10.3. The summed E-state index contributed by atoms with van der Waals surface area (Å²) < 4.78 is 0. The van der Waals surface area contributed by atoms with E-state index in [1.165, 1.54) is 38.5 Å². The molecule has 0 aliphatic heterocycles. The minimum Gasteiger partial charge on any atom is -0.0625 e. The van der Waals surface area contributed by atoms with E-state index in [1.807, 2.05) is 0 Å². The minimum absolute atomic E-state index is 0.917. The van der Waals surface area contributed by atoms with Crippen LogP contribution in [0, 0.1) is 71.0 Å². The van der Waals surface area contributed by atoms with Gasteiger partial charge in [0.1, 0.15) is 0 Å². The fourth-order valence-corrected chi connectivity index (χ4v) is 8.35. The molecule has 4 rings (SSSR count). The second kappa shape index (κ2) is 12.1. The third-order valence-electron chi connectivity index (χ3n) is 11.2. The summed E-state index contributed by atoms with van der Waals surface area (Å²) in [4.78, 5) is 0. The molecule has 0 aromatic heterocycles. The second-order valence-corrected chi connectivity index (χ2v) is 14.3. The maximum absolute atomic E-state index is 2.42. The third-order valence-corrected chi connectivity index (χ3v) is 11.2. The lowest BCUT2D eigenvalue weighted by atomic mass is 9.62. The lowest BCUT2D eigenvalue weighted by Gasteiger charge is -2.44. The van der Waals surface area contributed by atoms with Crippen molar-refractivity contribution in [2.45, 2.75) is 132 Å². The largest absolute Gasteiger partial charge is 0.0625 e. The van der Waals surface area contributed by atoms with Crippen molar-refractivity contribution in [3.63, 3.8) is 0 Å². The standard InChI is InChI=1S/2C16H30/c1-11(2)13-5-7-16-10-14(12(3)4)6-8-15(16)9-13;1-11(2)14-7-5-13-6-8-15(12(3)4)10-16(13)9-14/h2*11-16H,5-10H2,1-4H3. The molecule has 6 atom stereocenters. The Labute approximate surface area is 203 Å². The molecular weight excluding hydrogens is 384 g/mol. The van der Waals surface area contributed by atoms with E-state index in [0.29, 0.717) is 0 Å². The maximum Gasteiger partial charge on any atom is -0.0380 e. The van der Waals surface area contributed by atoms with Crippen molar-refractivity contribution in [2.75, 3.05) is 0 Å². The van der Waals surface area contributed by atoms with E-state index in [0.717, 1.165) is 71.0 Å². The summed E-state index contributed by atoms with van der Waals surface area (Å²) in [6.07, 6.45) is 18.4. The van der Waals surface area contributed by atoms with Gasteiger partial charge in [0.05, 0.1) is 0 Å². The molecule has 4 aliphatic carbocycles. The summed E-state index contributed by atoms with van der Waals surface area (Å²) >= 11 is 0. The van der Waals surface area contributed by atoms with Crippen molar-refractivity contribution in [1.82, 2.24) is 0 Å². The molecule has 0 bridgehead atoms. The molecule has 4 fully saturated rings. The van der Waals surface area contributed by atoms with E-state index >= 15 is 0 Å². The van der Waals surface area contributed by atoms with Gasteiger partial charge in [0.2, 0.25) is 0 Å². The van der Waals surface area contributed by atoms with Crippen molar-refractivity contribution in [2.24, 2.45) is 71.0 Å². The molecule has 0 aromatic carbocycles. The highest BCUT2D eigenvalue weighted by atomic mass is 14.4. The van der Waals surface area contributed by atoms with E-state index in [2.05, 4.69) is 55.4 Å². The fraction of sp³-hybridized carbons (Fsp3) is 1.00. The van der Waals surface area contributed by atoms with Crippen LogP contribution in [0.5, 0.6) is 0 Å². The van der Waals surface area contributed by atoms with Gasteiger partial charge in [0.15, 0.2) is 0 Å². The summed E-state index contributed by atoms with van der Waals surface area (Å²) in [5.74, 6) is 12.2. The molecule has 0 spiro atoms. The summed E-state index contributed by atoms with van der Waals surface area (Å²) in [6.45, 7) is 19.4. The van der Waals surface area contributed by atoms with Gasteiger partial charge in [-0.05, 0) is 148 Å². The normalized spacial score (nSPS) is 40.1. The minimum atomic E-state index is 0.917. The van der Waals surface area contributed by atoms with E-state index in [9.17, 15) is 0 Å². The lowest BCUT2D eigenvalue weighted by molar-refractivity contribution is 0.0677. The van der Waals surface area contributed by atoms with Crippen LogP contribution in [0.3, 0.4) is 0 Å². The van der Waals surface area contributed by atoms with E-state index in [4.69, 9.17) is 0 Å². The fourth-order valence-electron chi connectivity index (χ4n) is 8.35. The highest BCUT2D eigenvalue weighted by Crippen LogP contribution is 2.48. The first-order valence-corrected chi connectivity index (χ1v) is 15.2. The van der Waals surface area contributed by atoms with Gasteiger partial charge >= 0.3 is 0 Å². The van der Waals surface area contributed by atoms with Gasteiger partial charge in [-0.2, -0.15) is 0 Å². The van der Waals surface area contributed by atoms with Crippen LogP contribution in [0.1, 0.15) is 132 Å². The Hall–Kier alpha value is 0. The molecule has 4 aliphatic rings. The van der Waals surface area contributed by atoms with E-state index < -0.39 is 0 Å². The molecule has 0 heteroatoms. The molecule has 0 amide bonds. The number of fused-ring (bicyclic) bond motifs is 2. The molecule has 0 saturated heterocycles. The monoisotopic (exact) mass is 444 g/mol. The van der Waals surface area contributed by atoms with Crippen molar-refractivity contribution in [3.05, 3.63) is 0 Å². The zero-order valence-corrected chi connectivity index (χ0v) is 23.4. The third kappa shape index (κ3) is 7.01. The van der Waals surface area contributed by atoms with Crippen molar-refractivity contribution >= 4 is 0 Å². The lowest BCUT2D eigenvalue weighted by Crippen LogP contribution is -2.33. The van der Waals surface area contributed by atoms with Gasteiger partial charge in [-0.3, -0.25) is 0 Å². The molecule has 0 radical (unpaired) electrons. The van der Waals surface area contributed by atoms with Crippen LogP contribution in [0.4, 0.5) is 0 Å². The molecule has 0 nitrogen and oxygen atoms in total. The highest BCUT2D eigenvalue weighted by Gasteiger charge is 2.38. The average molecular weight is 445 g/mol. The molecule has 0 aromatic rings. The molecule has 188 valence electrons. The SMILES string of the molecule is CC(C)C1CCC2CC(C(C)C)CCC2C1.CC(C)C1CCC2CCC(C(C)C)CC2C1. The van der Waals surface area contributed by atoms with Gasteiger partial charge < -0.3 is 0 Å². The van der Waals surface area contributed by atoms with Crippen LogP contribution < -0.4 is 0 Å². The predicted molar refractivity (Wildman–Crippen MR) is 143 cm³/mol. The van der Waals surface area contributed by atoms with Gasteiger partial charge in [-0.15, -0.1) is 0 Å². The van der Waals surface area contributed by atoms with Crippen molar-refractivity contribution < 1.29 is 0 Å². The van der Waals surface area contributed by atoms with Crippen LogP contribution >= 0.6 is 0 Å². The Morgan fingerprint density at radius 3 is 0.844 bits per heavy atom. The first kappa shape index (κ1) is 26.6. The van der Waals surface area contributed by atoms with Gasteiger partial charge in [-0.25, -0.2) is 0 Å². The number of hydrogen-bond donors (Lipinski definition) is 0. The Bertz CT molecular complexity index is 482. The van der Waals surface area contributed by atoms with Crippen LogP contribution in [0.25, 0.3) is 0 Å². The zero-order valence-electron chi connectivity index (χ0n) is 23.4. The van der Waals surface area contributed by atoms with Crippen molar-refractivity contribution in [3.8, 4) is 0 Å². The van der Waals surface area contributed by atoms with Crippen LogP contribution in [-0.2, 0) is 0 Å². The van der Waals surface area contributed by atoms with Gasteiger partial charge in [0, 0.05) is 0 Å². The first-order valence-electron chi connectivity index (χ1n) is 15.2. The van der Waals surface area contributed by atoms with Crippen LogP contribution in [-0.4, -0.2) is 0 Å². The Kier molecular flexibility index (Phi) is 10.1. The summed E-state index contributed by atoms with van der Waals surface area (Å²) in [7, 11) is 0. The van der Waals surface area contributed by atoms with E-state index in [-0.39, 0.29) is 0 Å². The quantitative estimate of drug-likeness (QED) is 0.404. The molecular formula is C32H60. The smallest absolute Gasteiger partial charge is 0.0380 e. The highest BCUT2D eigenvalue weighted by molar-refractivity contribution is 4.88. The Morgan fingerprint density at radius 1 is 0.312 bits per heavy atom. The molecule has 4 saturated carbocycles. The van der Waals surface area contributed by atoms with Crippen molar-refractivity contribution in [1.29, 1.82) is 0 Å². The van der Waals surface area contributed by atoms with E-state index in [1.54, 1.807) is 38.5 Å². The zero-order chi connectivity index (χ0) is 23.4. The van der Waals surface area contributed by atoms with Gasteiger partial charge in [0.25, 0.3) is 0 Å². The average Bonchev–Trinajstić information content (AvgIpc) is 2.77. The summed E-state index contributed by atoms with van der Waals surface area (Å²) in [6, 6.07) is 0.